The van der Waals surface area contributed by atoms with E-state index in [1.54, 1.807) is 36.4 Å². The lowest BCUT2D eigenvalue weighted by Crippen LogP contribution is -2.40. The third-order valence-corrected chi connectivity index (χ3v) is 6.20. The highest BCUT2D eigenvalue weighted by molar-refractivity contribution is 6.30. The Kier molecular flexibility index (Phi) is 6.35. The largest absolute Gasteiger partial charge is 0.454 e. The molecule has 0 unspecified atom stereocenters. The summed E-state index contributed by atoms with van der Waals surface area (Å²) in [7, 11) is 0. The standard InChI is InChI=1S/C27H22ClN3O5/c1-2-11-30-26(33)21-9-6-19(25(32)29-14-18-5-10-23-24(12-18)36-16-35-23)13-22(21)31(27(30)34)15-17-3-7-20(28)8-4-17/h2-10,12-13H,1,11,14-16H2,(H,29,32). The van der Waals surface area contributed by atoms with Gasteiger partial charge in [-0.05, 0) is 53.6 Å². The number of aromatic nitrogens is 2. The van der Waals surface area contributed by atoms with Gasteiger partial charge in [0.05, 0.1) is 17.4 Å². The van der Waals surface area contributed by atoms with Crippen LogP contribution in [0.15, 0.2) is 82.9 Å². The fourth-order valence-corrected chi connectivity index (χ4v) is 4.23. The fraction of sp³-hybridized carbons (Fsp3) is 0.148. The molecule has 1 amide bonds. The number of benzene rings is 3. The first-order valence-corrected chi connectivity index (χ1v) is 11.6. The van der Waals surface area contributed by atoms with Crippen molar-refractivity contribution in [1.82, 2.24) is 14.5 Å². The number of halogens is 1. The summed E-state index contributed by atoms with van der Waals surface area (Å²) in [6.07, 6.45) is 1.50. The van der Waals surface area contributed by atoms with Crippen LogP contribution in [0.5, 0.6) is 11.5 Å². The fourth-order valence-electron chi connectivity index (χ4n) is 4.11. The average molecular weight is 504 g/mol. The molecular weight excluding hydrogens is 482 g/mol. The highest BCUT2D eigenvalue weighted by Crippen LogP contribution is 2.32. The predicted molar refractivity (Wildman–Crippen MR) is 137 cm³/mol. The van der Waals surface area contributed by atoms with Crippen LogP contribution in [0.3, 0.4) is 0 Å². The maximum atomic E-state index is 13.3. The summed E-state index contributed by atoms with van der Waals surface area (Å²) in [5.74, 6) is 0.963. The normalized spacial score (nSPS) is 12.0. The molecule has 1 aromatic heterocycles. The highest BCUT2D eigenvalue weighted by Gasteiger charge is 2.17. The van der Waals surface area contributed by atoms with Crippen LogP contribution in [-0.4, -0.2) is 21.8 Å². The summed E-state index contributed by atoms with van der Waals surface area (Å²) in [5.41, 5.74) is 1.45. The molecule has 1 aliphatic heterocycles. The first-order valence-electron chi connectivity index (χ1n) is 11.2. The summed E-state index contributed by atoms with van der Waals surface area (Å²) in [4.78, 5) is 39.3. The first-order chi connectivity index (χ1) is 17.4. The van der Waals surface area contributed by atoms with E-state index in [1.807, 2.05) is 24.3 Å². The van der Waals surface area contributed by atoms with Crippen molar-refractivity contribution in [2.75, 3.05) is 6.79 Å². The third-order valence-electron chi connectivity index (χ3n) is 5.94. The molecule has 1 aliphatic rings. The van der Waals surface area contributed by atoms with E-state index in [-0.39, 0.29) is 32.3 Å². The zero-order valence-electron chi connectivity index (χ0n) is 19.2. The molecule has 3 aromatic carbocycles. The van der Waals surface area contributed by atoms with Crippen molar-refractivity contribution in [3.05, 3.63) is 116 Å². The Hall–Kier alpha value is -4.30. The number of nitrogens with one attached hydrogen (secondary N) is 1. The van der Waals surface area contributed by atoms with Crippen LogP contribution in [-0.2, 0) is 19.6 Å². The Morgan fingerprint density at radius 3 is 2.50 bits per heavy atom. The molecule has 1 N–H and O–H groups in total. The molecule has 9 heteroatoms. The molecule has 0 radical (unpaired) electrons. The van der Waals surface area contributed by atoms with Gasteiger partial charge in [-0.3, -0.25) is 18.7 Å². The second-order valence-corrected chi connectivity index (χ2v) is 8.74. The van der Waals surface area contributed by atoms with Gasteiger partial charge in [-0.15, -0.1) is 6.58 Å². The topological polar surface area (TPSA) is 91.6 Å². The minimum Gasteiger partial charge on any atom is -0.454 e. The zero-order valence-corrected chi connectivity index (χ0v) is 20.0. The minimum atomic E-state index is -0.486. The molecule has 0 bridgehead atoms. The zero-order chi connectivity index (χ0) is 25.2. The first kappa shape index (κ1) is 23.4. The summed E-state index contributed by atoms with van der Waals surface area (Å²) < 4.78 is 13.3. The summed E-state index contributed by atoms with van der Waals surface area (Å²) in [6.45, 7) is 4.37. The molecule has 182 valence electrons. The Labute approximate surface area is 211 Å². The molecule has 0 saturated carbocycles. The molecule has 0 fully saturated rings. The lowest BCUT2D eigenvalue weighted by Gasteiger charge is -2.15. The molecule has 4 aromatic rings. The summed E-state index contributed by atoms with van der Waals surface area (Å²) in [5, 5.41) is 3.78. The monoisotopic (exact) mass is 503 g/mol. The number of hydrogen-bond donors (Lipinski definition) is 1. The van der Waals surface area contributed by atoms with Gasteiger partial charge in [0.1, 0.15) is 0 Å². The van der Waals surface area contributed by atoms with Gasteiger partial charge < -0.3 is 14.8 Å². The van der Waals surface area contributed by atoms with E-state index in [0.717, 1.165) is 15.7 Å². The van der Waals surface area contributed by atoms with Gasteiger partial charge in [0, 0.05) is 23.7 Å². The number of rotatable bonds is 7. The van der Waals surface area contributed by atoms with Crippen molar-refractivity contribution in [2.24, 2.45) is 0 Å². The maximum Gasteiger partial charge on any atom is 0.332 e. The smallest absolute Gasteiger partial charge is 0.332 e. The number of fused-ring (bicyclic) bond motifs is 2. The van der Waals surface area contributed by atoms with Crippen molar-refractivity contribution in [3.8, 4) is 11.5 Å². The molecule has 0 spiro atoms. The average Bonchev–Trinajstić information content (AvgIpc) is 3.36. The number of amides is 1. The molecule has 36 heavy (non-hydrogen) atoms. The Bertz CT molecular complexity index is 1610. The number of carbonyl (C=O) groups is 1. The number of allylic oxidation sites excluding steroid dienone is 1. The van der Waals surface area contributed by atoms with E-state index < -0.39 is 11.2 Å². The van der Waals surface area contributed by atoms with E-state index in [0.29, 0.717) is 33.0 Å². The lowest BCUT2D eigenvalue weighted by molar-refractivity contribution is 0.0951. The SMILES string of the molecule is C=CCn1c(=O)c2ccc(C(=O)NCc3ccc4c(c3)OCO4)cc2n(Cc2ccc(Cl)cc2)c1=O. The number of hydrogen-bond acceptors (Lipinski definition) is 5. The van der Waals surface area contributed by atoms with E-state index in [2.05, 4.69) is 11.9 Å². The van der Waals surface area contributed by atoms with Gasteiger partial charge >= 0.3 is 5.69 Å². The van der Waals surface area contributed by atoms with Gasteiger partial charge in [-0.2, -0.15) is 0 Å². The van der Waals surface area contributed by atoms with Crippen molar-refractivity contribution < 1.29 is 14.3 Å². The van der Waals surface area contributed by atoms with Crippen LogP contribution in [0.1, 0.15) is 21.5 Å². The number of ether oxygens (including phenoxy) is 2. The second kappa shape index (κ2) is 9.75. The van der Waals surface area contributed by atoms with Gasteiger partial charge in [-0.25, -0.2) is 4.79 Å². The van der Waals surface area contributed by atoms with Crippen LogP contribution >= 0.6 is 11.6 Å². The van der Waals surface area contributed by atoms with Crippen LogP contribution in [0.2, 0.25) is 5.02 Å². The van der Waals surface area contributed by atoms with Crippen LogP contribution in [0, 0.1) is 0 Å². The van der Waals surface area contributed by atoms with E-state index in [9.17, 15) is 14.4 Å². The maximum absolute atomic E-state index is 13.3. The van der Waals surface area contributed by atoms with Gasteiger partial charge in [0.15, 0.2) is 11.5 Å². The summed E-state index contributed by atoms with van der Waals surface area (Å²) in [6, 6.07) is 17.3. The van der Waals surface area contributed by atoms with E-state index in [1.165, 1.54) is 10.6 Å². The van der Waals surface area contributed by atoms with Crippen molar-refractivity contribution >= 4 is 28.4 Å². The van der Waals surface area contributed by atoms with Gasteiger partial charge in [-0.1, -0.05) is 35.9 Å². The van der Waals surface area contributed by atoms with Gasteiger partial charge in [0.2, 0.25) is 6.79 Å². The lowest BCUT2D eigenvalue weighted by atomic mass is 10.1. The molecule has 0 atom stereocenters. The molecule has 2 heterocycles. The second-order valence-electron chi connectivity index (χ2n) is 8.30. The van der Waals surface area contributed by atoms with E-state index in [4.69, 9.17) is 21.1 Å². The highest BCUT2D eigenvalue weighted by atomic mass is 35.5. The summed E-state index contributed by atoms with van der Waals surface area (Å²) >= 11 is 6.00. The van der Waals surface area contributed by atoms with Gasteiger partial charge in [0.25, 0.3) is 11.5 Å². The molecule has 0 saturated heterocycles. The number of carbonyl (C=O) groups excluding carboxylic acids is 1. The Morgan fingerprint density at radius 2 is 1.72 bits per heavy atom. The van der Waals surface area contributed by atoms with Crippen LogP contribution in [0.25, 0.3) is 10.9 Å². The minimum absolute atomic E-state index is 0.0754. The molecule has 5 rings (SSSR count). The Balaban J connectivity index is 1.50. The van der Waals surface area contributed by atoms with Crippen molar-refractivity contribution in [1.29, 1.82) is 0 Å². The quantitative estimate of drug-likeness (QED) is 0.388. The van der Waals surface area contributed by atoms with Crippen LogP contribution in [0.4, 0.5) is 0 Å². The van der Waals surface area contributed by atoms with E-state index >= 15 is 0 Å². The Morgan fingerprint density at radius 1 is 0.972 bits per heavy atom. The molecular formula is C27H22ClN3O5. The number of nitrogens with zero attached hydrogens (tertiary/aromatic N) is 2. The van der Waals surface area contributed by atoms with Crippen molar-refractivity contribution in [3.63, 3.8) is 0 Å². The van der Waals surface area contributed by atoms with Crippen molar-refractivity contribution in [2.45, 2.75) is 19.6 Å². The molecule has 0 aliphatic carbocycles. The molecule has 8 nitrogen and oxygen atoms in total. The third kappa shape index (κ3) is 4.50. The van der Waals surface area contributed by atoms with Crippen LogP contribution < -0.4 is 26.0 Å². The predicted octanol–water partition coefficient (Wildman–Crippen LogP) is 3.71.